The van der Waals surface area contributed by atoms with Gasteiger partial charge in [-0.25, -0.2) is 12.8 Å². The van der Waals surface area contributed by atoms with Gasteiger partial charge in [0.15, 0.2) is 11.5 Å². The Hall–Kier alpha value is -3.59. The Balaban J connectivity index is 1.74. The smallest absolute Gasteiger partial charge is 0.264 e. The molecule has 3 aromatic rings. The topological polar surface area (TPSA) is 84.9 Å². The van der Waals surface area contributed by atoms with E-state index in [-0.39, 0.29) is 17.1 Å². The molecular formula is C24H25FN2O5S. The summed E-state index contributed by atoms with van der Waals surface area (Å²) in [5.74, 6) is -0.133. The lowest BCUT2D eigenvalue weighted by molar-refractivity contribution is -0.119. The first kappa shape index (κ1) is 24.1. The molecule has 3 aromatic carbocycles. The number of nitrogens with one attached hydrogen (secondary N) is 1. The van der Waals surface area contributed by atoms with Crippen LogP contribution in [-0.2, 0) is 21.2 Å². The molecule has 0 saturated carbocycles. The number of para-hydroxylation sites is 1. The van der Waals surface area contributed by atoms with Crippen molar-refractivity contribution in [3.05, 3.63) is 84.2 Å². The van der Waals surface area contributed by atoms with Gasteiger partial charge in [-0.05, 0) is 48.4 Å². The van der Waals surface area contributed by atoms with Crippen molar-refractivity contribution >= 4 is 21.6 Å². The average Bonchev–Trinajstić information content (AvgIpc) is 2.83. The number of carbonyl (C=O) groups excluding carboxylic acids is 1. The molecule has 0 spiro atoms. The molecule has 0 heterocycles. The SMILES string of the molecule is COc1ccc(CCNC(=O)CN(c2ccccc2F)S(=O)(=O)c2ccccc2)cc1OC. The van der Waals surface area contributed by atoms with Crippen molar-refractivity contribution in [2.24, 2.45) is 0 Å². The summed E-state index contributed by atoms with van der Waals surface area (Å²) in [6.07, 6.45) is 0.483. The minimum Gasteiger partial charge on any atom is -0.493 e. The number of methoxy groups -OCH3 is 2. The van der Waals surface area contributed by atoms with Crippen LogP contribution < -0.4 is 19.1 Å². The van der Waals surface area contributed by atoms with E-state index in [2.05, 4.69) is 5.32 Å². The molecule has 0 aliphatic carbocycles. The van der Waals surface area contributed by atoms with E-state index in [0.29, 0.717) is 17.9 Å². The van der Waals surface area contributed by atoms with E-state index in [4.69, 9.17) is 9.47 Å². The predicted molar refractivity (Wildman–Crippen MR) is 124 cm³/mol. The monoisotopic (exact) mass is 472 g/mol. The number of anilines is 1. The number of sulfonamides is 1. The van der Waals surface area contributed by atoms with Gasteiger partial charge in [-0.3, -0.25) is 9.10 Å². The van der Waals surface area contributed by atoms with E-state index in [1.807, 2.05) is 6.07 Å². The van der Waals surface area contributed by atoms with E-state index in [1.54, 1.807) is 37.4 Å². The molecule has 7 nitrogen and oxygen atoms in total. The largest absolute Gasteiger partial charge is 0.493 e. The molecule has 0 saturated heterocycles. The number of hydrogen-bond acceptors (Lipinski definition) is 5. The van der Waals surface area contributed by atoms with Crippen LogP contribution in [-0.4, -0.2) is 41.6 Å². The highest BCUT2D eigenvalue weighted by Gasteiger charge is 2.28. The van der Waals surface area contributed by atoms with Gasteiger partial charge in [-0.15, -0.1) is 0 Å². The van der Waals surface area contributed by atoms with Gasteiger partial charge in [0.25, 0.3) is 10.0 Å². The molecule has 0 unspecified atom stereocenters. The van der Waals surface area contributed by atoms with Crippen LogP contribution in [0.2, 0.25) is 0 Å². The summed E-state index contributed by atoms with van der Waals surface area (Å²) in [5, 5.41) is 2.70. The molecule has 0 aromatic heterocycles. The highest BCUT2D eigenvalue weighted by Crippen LogP contribution is 2.28. The summed E-state index contributed by atoms with van der Waals surface area (Å²) in [6.45, 7) is -0.311. The van der Waals surface area contributed by atoms with Crippen LogP contribution >= 0.6 is 0 Å². The zero-order valence-corrected chi connectivity index (χ0v) is 19.1. The van der Waals surface area contributed by atoms with E-state index >= 15 is 0 Å². The summed E-state index contributed by atoms with van der Waals surface area (Å²) in [4.78, 5) is 12.6. The van der Waals surface area contributed by atoms with Crippen molar-refractivity contribution in [1.82, 2.24) is 5.32 Å². The molecule has 1 N–H and O–H groups in total. The highest BCUT2D eigenvalue weighted by molar-refractivity contribution is 7.92. The minimum atomic E-state index is -4.16. The van der Waals surface area contributed by atoms with E-state index < -0.39 is 28.3 Å². The number of rotatable bonds is 10. The molecule has 174 valence electrons. The Labute approximate surface area is 192 Å². The third-order valence-corrected chi connectivity index (χ3v) is 6.70. The van der Waals surface area contributed by atoms with Crippen LogP contribution in [0.15, 0.2) is 77.7 Å². The average molecular weight is 473 g/mol. The van der Waals surface area contributed by atoms with Crippen molar-refractivity contribution < 1.29 is 27.1 Å². The second kappa shape index (κ2) is 10.8. The summed E-state index contributed by atoms with van der Waals surface area (Å²) < 4.78 is 52.1. The molecule has 9 heteroatoms. The van der Waals surface area contributed by atoms with E-state index in [1.165, 1.54) is 37.4 Å². The second-order valence-corrected chi connectivity index (χ2v) is 8.93. The van der Waals surface area contributed by atoms with Gasteiger partial charge >= 0.3 is 0 Å². The molecule has 33 heavy (non-hydrogen) atoms. The van der Waals surface area contributed by atoms with Crippen LogP contribution in [0.1, 0.15) is 5.56 Å². The first-order valence-electron chi connectivity index (χ1n) is 10.2. The normalized spacial score (nSPS) is 11.0. The number of nitrogens with zero attached hydrogens (tertiary/aromatic N) is 1. The number of amides is 1. The van der Waals surface area contributed by atoms with Crippen molar-refractivity contribution in [2.45, 2.75) is 11.3 Å². The van der Waals surface area contributed by atoms with Gasteiger partial charge in [0.2, 0.25) is 5.91 Å². The Morgan fingerprint density at radius 2 is 1.61 bits per heavy atom. The molecule has 0 aliphatic heterocycles. The summed E-state index contributed by atoms with van der Waals surface area (Å²) in [5.41, 5.74) is 0.701. The van der Waals surface area contributed by atoms with Crippen molar-refractivity contribution in [1.29, 1.82) is 0 Å². The zero-order chi connectivity index (χ0) is 23.8. The number of benzene rings is 3. The summed E-state index contributed by atoms with van der Waals surface area (Å²) >= 11 is 0. The lowest BCUT2D eigenvalue weighted by Gasteiger charge is -2.24. The van der Waals surface area contributed by atoms with Gasteiger partial charge < -0.3 is 14.8 Å². The number of hydrogen-bond donors (Lipinski definition) is 1. The maximum atomic E-state index is 14.5. The third-order valence-electron chi connectivity index (χ3n) is 4.92. The van der Waals surface area contributed by atoms with Crippen LogP contribution in [0.5, 0.6) is 11.5 Å². The van der Waals surface area contributed by atoms with Gasteiger partial charge in [0.1, 0.15) is 12.4 Å². The standard InChI is InChI=1S/C24H25FN2O5S/c1-31-22-13-12-18(16-23(22)32-2)14-15-26-24(28)17-27(21-11-7-6-10-20(21)25)33(29,30)19-8-4-3-5-9-19/h3-13,16H,14-15,17H2,1-2H3,(H,26,28). The zero-order valence-electron chi connectivity index (χ0n) is 18.3. The Morgan fingerprint density at radius 3 is 2.27 bits per heavy atom. The molecule has 0 atom stereocenters. The minimum absolute atomic E-state index is 0.0358. The van der Waals surface area contributed by atoms with Gasteiger partial charge in [0.05, 0.1) is 24.8 Å². The van der Waals surface area contributed by atoms with Crippen molar-refractivity contribution in [3.8, 4) is 11.5 Å². The fourth-order valence-corrected chi connectivity index (χ4v) is 4.69. The van der Waals surface area contributed by atoms with Gasteiger partial charge in [0, 0.05) is 6.54 Å². The molecule has 0 fully saturated rings. The summed E-state index contributed by atoms with van der Waals surface area (Å²) in [7, 11) is -1.08. The van der Waals surface area contributed by atoms with Crippen molar-refractivity contribution in [2.75, 3.05) is 31.6 Å². The lowest BCUT2D eigenvalue weighted by Crippen LogP contribution is -2.41. The van der Waals surface area contributed by atoms with Gasteiger partial charge in [-0.2, -0.15) is 0 Å². The molecular weight excluding hydrogens is 447 g/mol. The maximum Gasteiger partial charge on any atom is 0.264 e. The Morgan fingerprint density at radius 1 is 0.939 bits per heavy atom. The highest BCUT2D eigenvalue weighted by atomic mass is 32.2. The maximum absolute atomic E-state index is 14.5. The van der Waals surface area contributed by atoms with E-state index in [0.717, 1.165) is 15.9 Å². The first-order chi connectivity index (χ1) is 15.9. The third kappa shape index (κ3) is 5.81. The van der Waals surface area contributed by atoms with E-state index in [9.17, 15) is 17.6 Å². The second-order valence-electron chi connectivity index (χ2n) is 7.07. The quantitative estimate of drug-likeness (QED) is 0.489. The molecule has 0 radical (unpaired) electrons. The predicted octanol–water partition coefficient (Wildman–Crippen LogP) is 3.40. The number of halogens is 1. The van der Waals surface area contributed by atoms with Crippen LogP contribution in [0.25, 0.3) is 0 Å². The van der Waals surface area contributed by atoms with Gasteiger partial charge in [-0.1, -0.05) is 36.4 Å². The molecule has 0 bridgehead atoms. The molecule has 0 aliphatic rings. The van der Waals surface area contributed by atoms with Crippen molar-refractivity contribution in [3.63, 3.8) is 0 Å². The molecule has 1 amide bonds. The fourth-order valence-electron chi connectivity index (χ4n) is 3.24. The summed E-state index contributed by atoms with van der Waals surface area (Å²) in [6, 6.07) is 18.5. The number of ether oxygens (including phenoxy) is 2. The van der Waals surface area contributed by atoms with Crippen LogP contribution in [0.4, 0.5) is 10.1 Å². The Kier molecular flexibility index (Phi) is 7.89. The fraction of sp³-hybridized carbons (Fsp3) is 0.208. The first-order valence-corrected chi connectivity index (χ1v) is 11.6. The van der Waals surface area contributed by atoms with Crippen LogP contribution in [0.3, 0.4) is 0 Å². The molecule has 3 rings (SSSR count). The number of carbonyl (C=O) groups is 1. The van der Waals surface area contributed by atoms with Crippen LogP contribution in [0, 0.1) is 5.82 Å². The lowest BCUT2D eigenvalue weighted by atomic mass is 10.1. The Bertz CT molecular complexity index is 1200.